The molecule has 104 valence electrons. The van der Waals surface area contributed by atoms with Crippen LogP contribution in [0.2, 0.25) is 0 Å². The van der Waals surface area contributed by atoms with E-state index in [1.54, 1.807) is 0 Å². The number of carbonyl (C=O) groups is 1. The van der Waals surface area contributed by atoms with Crippen LogP contribution in [0.25, 0.3) is 0 Å². The summed E-state index contributed by atoms with van der Waals surface area (Å²) in [5.41, 5.74) is 2.28. The van der Waals surface area contributed by atoms with E-state index >= 15 is 0 Å². The van der Waals surface area contributed by atoms with E-state index in [2.05, 4.69) is 32.0 Å². The number of amides is 1. The van der Waals surface area contributed by atoms with Crippen LogP contribution in [-0.4, -0.2) is 12.5 Å². The van der Waals surface area contributed by atoms with Crippen molar-refractivity contribution < 1.29 is 4.79 Å². The smallest absolute Gasteiger partial charge is 0.230 e. The van der Waals surface area contributed by atoms with E-state index in [1.165, 1.54) is 24.8 Å². The molecule has 0 bridgehead atoms. The molecule has 0 aliphatic heterocycles. The number of rotatable bonds is 4. The summed E-state index contributed by atoms with van der Waals surface area (Å²) < 4.78 is 0. The molecular weight excluding hydrogens is 234 g/mol. The summed E-state index contributed by atoms with van der Waals surface area (Å²) in [6, 6.07) is 8.31. The summed E-state index contributed by atoms with van der Waals surface area (Å²) in [5.74, 6) is 0.591. The van der Waals surface area contributed by atoms with E-state index in [1.807, 2.05) is 11.0 Å². The van der Waals surface area contributed by atoms with Crippen molar-refractivity contribution in [3.05, 3.63) is 29.8 Å². The number of anilines is 1. The minimum absolute atomic E-state index is 0.251. The van der Waals surface area contributed by atoms with Gasteiger partial charge in [-0.05, 0) is 43.9 Å². The van der Waals surface area contributed by atoms with Crippen molar-refractivity contribution >= 4 is 11.6 Å². The molecule has 0 spiro atoms. The van der Waals surface area contributed by atoms with Gasteiger partial charge >= 0.3 is 0 Å². The molecule has 1 aliphatic carbocycles. The van der Waals surface area contributed by atoms with Gasteiger partial charge in [0, 0.05) is 18.2 Å². The molecule has 0 aromatic heterocycles. The Bertz CT molecular complexity index is 421. The Morgan fingerprint density at radius 1 is 1.26 bits per heavy atom. The number of hydrogen-bond donors (Lipinski definition) is 0. The fraction of sp³-hybridized carbons (Fsp3) is 0.588. The maximum Gasteiger partial charge on any atom is 0.230 e. The normalized spacial score (nSPS) is 16.3. The van der Waals surface area contributed by atoms with Crippen molar-refractivity contribution in [1.29, 1.82) is 0 Å². The Morgan fingerprint density at radius 2 is 2.00 bits per heavy atom. The van der Waals surface area contributed by atoms with Crippen molar-refractivity contribution in [1.82, 2.24) is 0 Å². The first-order valence-electron chi connectivity index (χ1n) is 7.60. The van der Waals surface area contributed by atoms with E-state index in [-0.39, 0.29) is 5.92 Å². The monoisotopic (exact) mass is 259 g/mol. The molecule has 2 rings (SSSR count). The van der Waals surface area contributed by atoms with E-state index < -0.39 is 0 Å². The summed E-state index contributed by atoms with van der Waals surface area (Å²) in [5, 5.41) is 0. The molecule has 1 aromatic carbocycles. The molecule has 0 radical (unpaired) electrons. The van der Waals surface area contributed by atoms with Crippen LogP contribution < -0.4 is 4.90 Å². The molecule has 1 saturated carbocycles. The lowest BCUT2D eigenvalue weighted by Crippen LogP contribution is -2.37. The predicted octanol–water partition coefficient (Wildman–Crippen LogP) is 4.32. The van der Waals surface area contributed by atoms with Gasteiger partial charge in [-0.15, -0.1) is 0 Å². The van der Waals surface area contributed by atoms with Crippen molar-refractivity contribution in [2.24, 2.45) is 5.92 Å². The van der Waals surface area contributed by atoms with Crippen LogP contribution in [0.4, 0.5) is 5.69 Å². The fourth-order valence-electron chi connectivity index (χ4n) is 2.96. The van der Waals surface area contributed by atoms with Crippen LogP contribution in [0.1, 0.15) is 51.0 Å². The lowest BCUT2D eigenvalue weighted by molar-refractivity contribution is -0.123. The second-order valence-corrected chi connectivity index (χ2v) is 5.66. The second-order valence-electron chi connectivity index (χ2n) is 5.66. The molecule has 0 N–H and O–H groups in total. The van der Waals surface area contributed by atoms with Crippen LogP contribution >= 0.6 is 0 Å². The van der Waals surface area contributed by atoms with Crippen molar-refractivity contribution in [3.8, 4) is 0 Å². The maximum absolute atomic E-state index is 12.7. The van der Waals surface area contributed by atoms with E-state index in [0.29, 0.717) is 5.91 Å². The molecule has 2 nitrogen and oxygen atoms in total. The molecule has 0 unspecified atom stereocenters. The van der Waals surface area contributed by atoms with Gasteiger partial charge in [-0.1, -0.05) is 38.3 Å². The topological polar surface area (TPSA) is 20.3 Å². The third-order valence-corrected chi connectivity index (χ3v) is 3.98. The number of carbonyl (C=O) groups excluding carboxylic acids is 1. The number of benzene rings is 1. The van der Waals surface area contributed by atoms with Gasteiger partial charge in [-0.3, -0.25) is 4.79 Å². The molecule has 1 fully saturated rings. The zero-order valence-corrected chi connectivity index (χ0v) is 12.2. The molecule has 2 heteroatoms. The van der Waals surface area contributed by atoms with E-state index in [4.69, 9.17) is 0 Å². The largest absolute Gasteiger partial charge is 0.312 e. The van der Waals surface area contributed by atoms with Crippen molar-refractivity contribution in [2.75, 3.05) is 11.4 Å². The first-order chi connectivity index (χ1) is 9.22. The summed E-state index contributed by atoms with van der Waals surface area (Å²) in [7, 11) is 0. The van der Waals surface area contributed by atoms with Gasteiger partial charge in [0.25, 0.3) is 0 Å². The van der Waals surface area contributed by atoms with Gasteiger partial charge in [0.2, 0.25) is 5.91 Å². The zero-order chi connectivity index (χ0) is 13.7. The van der Waals surface area contributed by atoms with Crippen LogP contribution in [0.15, 0.2) is 24.3 Å². The van der Waals surface area contributed by atoms with Gasteiger partial charge in [0.15, 0.2) is 0 Å². The summed E-state index contributed by atoms with van der Waals surface area (Å²) in [6.45, 7) is 5.05. The maximum atomic E-state index is 12.7. The summed E-state index contributed by atoms with van der Waals surface area (Å²) in [4.78, 5) is 14.7. The molecule has 19 heavy (non-hydrogen) atoms. The minimum atomic E-state index is 0.251. The molecule has 1 aliphatic rings. The highest BCUT2D eigenvalue weighted by atomic mass is 16.2. The zero-order valence-electron chi connectivity index (χ0n) is 12.2. The van der Waals surface area contributed by atoms with Crippen LogP contribution in [-0.2, 0) is 4.79 Å². The first-order valence-corrected chi connectivity index (χ1v) is 7.60. The highest BCUT2D eigenvalue weighted by Crippen LogP contribution is 2.28. The van der Waals surface area contributed by atoms with Gasteiger partial charge in [0.1, 0.15) is 0 Å². The van der Waals surface area contributed by atoms with Crippen LogP contribution in [0.5, 0.6) is 0 Å². The quantitative estimate of drug-likeness (QED) is 0.788. The third-order valence-electron chi connectivity index (χ3n) is 3.98. The van der Waals surface area contributed by atoms with E-state index in [0.717, 1.165) is 31.5 Å². The summed E-state index contributed by atoms with van der Waals surface area (Å²) >= 11 is 0. The van der Waals surface area contributed by atoms with Crippen LogP contribution in [0, 0.1) is 12.8 Å². The summed E-state index contributed by atoms with van der Waals surface area (Å²) in [6.07, 6.45) is 6.87. The average molecular weight is 259 g/mol. The van der Waals surface area contributed by atoms with Crippen molar-refractivity contribution in [2.45, 2.75) is 52.4 Å². The highest BCUT2D eigenvalue weighted by molar-refractivity contribution is 5.95. The first kappa shape index (κ1) is 14.1. The molecule has 1 amide bonds. The average Bonchev–Trinajstić information content (AvgIpc) is 2.45. The van der Waals surface area contributed by atoms with Gasteiger partial charge in [-0.2, -0.15) is 0 Å². The Hall–Kier alpha value is -1.31. The van der Waals surface area contributed by atoms with Gasteiger partial charge < -0.3 is 4.90 Å². The number of nitrogens with zero attached hydrogens (tertiary/aromatic N) is 1. The second kappa shape index (κ2) is 6.74. The highest BCUT2D eigenvalue weighted by Gasteiger charge is 2.26. The van der Waals surface area contributed by atoms with E-state index in [9.17, 15) is 4.79 Å². The molecular formula is C17H25NO. The Kier molecular flexibility index (Phi) is 5.00. The number of aryl methyl sites for hydroxylation is 1. The Balaban J connectivity index is 2.16. The molecule has 0 saturated heterocycles. The SMILES string of the molecule is CCCN(C(=O)C1CCCCC1)c1cccc(C)c1. The lowest BCUT2D eigenvalue weighted by atomic mass is 9.88. The molecule has 1 aromatic rings. The molecule has 0 heterocycles. The lowest BCUT2D eigenvalue weighted by Gasteiger charge is -2.29. The number of hydrogen-bond acceptors (Lipinski definition) is 1. The van der Waals surface area contributed by atoms with Gasteiger partial charge in [-0.25, -0.2) is 0 Å². The Morgan fingerprint density at radius 3 is 2.63 bits per heavy atom. The third kappa shape index (κ3) is 3.59. The molecule has 0 atom stereocenters. The predicted molar refractivity (Wildman–Crippen MR) is 80.4 cm³/mol. The minimum Gasteiger partial charge on any atom is -0.312 e. The van der Waals surface area contributed by atoms with Crippen LogP contribution in [0.3, 0.4) is 0 Å². The Labute approximate surface area is 116 Å². The van der Waals surface area contributed by atoms with Gasteiger partial charge in [0.05, 0.1) is 0 Å². The fourth-order valence-corrected chi connectivity index (χ4v) is 2.96. The van der Waals surface area contributed by atoms with Crippen molar-refractivity contribution in [3.63, 3.8) is 0 Å². The standard InChI is InChI=1S/C17H25NO/c1-3-12-18(16-11-7-8-14(2)13-16)17(19)15-9-5-4-6-10-15/h7-8,11,13,15H,3-6,9-10,12H2,1-2H3.